The van der Waals surface area contributed by atoms with Gasteiger partial charge in [-0.15, -0.1) is 0 Å². The summed E-state index contributed by atoms with van der Waals surface area (Å²) in [6.45, 7) is -0.193. The fourth-order valence-electron chi connectivity index (χ4n) is 3.18. The molecule has 2 amide bonds. The van der Waals surface area contributed by atoms with Gasteiger partial charge < -0.3 is 15.8 Å². The molecular weight excluding hydrogens is 381 g/mol. The number of amides is 2. The molecule has 1 atom stereocenters. The molecule has 3 N–H and O–H groups in total. The molecule has 4 rings (SSSR count). The van der Waals surface area contributed by atoms with Crippen LogP contribution in [0.2, 0.25) is 0 Å². The van der Waals surface area contributed by atoms with Gasteiger partial charge in [0.05, 0.1) is 10.6 Å². The van der Waals surface area contributed by atoms with E-state index in [1.54, 1.807) is 24.3 Å². The molecule has 0 aliphatic carbocycles. The van der Waals surface area contributed by atoms with Crippen molar-refractivity contribution in [1.29, 1.82) is 0 Å². The lowest BCUT2D eigenvalue weighted by atomic mass is 9.89. The number of anilines is 1. The number of carbonyl (C=O) groups excluding carboxylic acids is 2. The maximum atomic E-state index is 13.6. The monoisotopic (exact) mass is 397 g/mol. The number of aromatic nitrogens is 1. The van der Waals surface area contributed by atoms with E-state index in [4.69, 9.17) is 10.5 Å². The molecule has 1 aliphatic rings. The molecule has 2 heterocycles. The van der Waals surface area contributed by atoms with Gasteiger partial charge in [-0.2, -0.15) is 4.37 Å². The number of rotatable bonds is 5. The van der Waals surface area contributed by atoms with Crippen LogP contribution in [0.1, 0.15) is 22.8 Å². The van der Waals surface area contributed by atoms with Gasteiger partial charge in [-0.1, -0.05) is 24.3 Å². The smallest absolute Gasteiger partial charge is 0.255 e. The fraction of sp³-hybridized carbons (Fsp3) is 0.150. The Bertz CT molecular complexity index is 1050. The molecule has 0 unspecified atom stereocenters. The summed E-state index contributed by atoms with van der Waals surface area (Å²) in [7, 11) is 0. The van der Waals surface area contributed by atoms with E-state index >= 15 is 0 Å². The van der Waals surface area contributed by atoms with Crippen molar-refractivity contribution in [2.75, 3.05) is 11.9 Å². The number of nitrogens with one attached hydrogen (secondary N) is 1. The normalized spacial score (nSPS) is 15.6. The molecule has 0 fully saturated rings. The van der Waals surface area contributed by atoms with Gasteiger partial charge in [-0.25, -0.2) is 4.39 Å². The molecule has 28 heavy (non-hydrogen) atoms. The molecule has 0 bridgehead atoms. The molecule has 8 heteroatoms. The third-order valence-corrected chi connectivity index (χ3v) is 5.41. The highest BCUT2D eigenvalue weighted by Crippen LogP contribution is 2.44. The van der Waals surface area contributed by atoms with Crippen molar-refractivity contribution in [3.63, 3.8) is 0 Å². The average Bonchev–Trinajstić information content (AvgIpc) is 3.10. The van der Waals surface area contributed by atoms with E-state index in [2.05, 4.69) is 9.69 Å². The summed E-state index contributed by atoms with van der Waals surface area (Å²) in [6.07, 6.45) is 0.291. The molecule has 6 nitrogen and oxygen atoms in total. The van der Waals surface area contributed by atoms with Crippen molar-refractivity contribution in [2.45, 2.75) is 12.3 Å². The first-order valence-electron chi connectivity index (χ1n) is 8.57. The highest BCUT2D eigenvalue weighted by molar-refractivity contribution is 7.07. The summed E-state index contributed by atoms with van der Waals surface area (Å²) in [6, 6.07) is 13.3. The number of ether oxygens (including phenoxy) is 1. The van der Waals surface area contributed by atoms with Crippen LogP contribution in [0.3, 0.4) is 0 Å². The van der Waals surface area contributed by atoms with E-state index < -0.39 is 5.91 Å². The zero-order chi connectivity index (χ0) is 19.7. The van der Waals surface area contributed by atoms with Gasteiger partial charge >= 0.3 is 0 Å². The van der Waals surface area contributed by atoms with E-state index in [1.165, 1.54) is 23.7 Å². The van der Waals surface area contributed by atoms with E-state index in [1.807, 2.05) is 12.1 Å². The Labute approximate surface area is 164 Å². The van der Waals surface area contributed by atoms with Gasteiger partial charge in [-0.05, 0) is 41.4 Å². The summed E-state index contributed by atoms with van der Waals surface area (Å²) in [5.74, 6) is -0.664. The van der Waals surface area contributed by atoms with Crippen LogP contribution in [0.5, 0.6) is 5.75 Å². The number of primary amides is 1. The van der Waals surface area contributed by atoms with Gasteiger partial charge in [0.2, 0.25) is 5.91 Å². The van der Waals surface area contributed by atoms with E-state index in [0.29, 0.717) is 29.1 Å². The van der Waals surface area contributed by atoms with Crippen LogP contribution >= 0.6 is 11.5 Å². The summed E-state index contributed by atoms with van der Waals surface area (Å²) in [5, 5.41) is 2.88. The lowest BCUT2D eigenvalue weighted by Gasteiger charge is -2.23. The van der Waals surface area contributed by atoms with Gasteiger partial charge in [0.15, 0.2) is 6.61 Å². The minimum absolute atomic E-state index is 0.121. The third kappa shape index (κ3) is 3.59. The number of hydrogen-bond acceptors (Lipinski definition) is 5. The first kappa shape index (κ1) is 18.1. The first-order chi connectivity index (χ1) is 13.5. The van der Waals surface area contributed by atoms with Crippen LogP contribution in [-0.4, -0.2) is 22.8 Å². The molecule has 0 spiro atoms. The number of carbonyl (C=O) groups is 2. The Morgan fingerprint density at radius 3 is 2.79 bits per heavy atom. The van der Waals surface area contributed by atoms with Gasteiger partial charge in [0.1, 0.15) is 17.3 Å². The third-order valence-electron chi connectivity index (χ3n) is 4.45. The predicted molar refractivity (Wildman–Crippen MR) is 104 cm³/mol. The van der Waals surface area contributed by atoms with Gasteiger partial charge in [0.25, 0.3) is 5.91 Å². The largest absolute Gasteiger partial charge is 0.484 e. The molecular formula is C20H16FN3O3S. The second-order valence-corrected chi connectivity index (χ2v) is 7.21. The number of nitrogens with zero attached hydrogens (tertiary/aromatic N) is 1. The topological polar surface area (TPSA) is 94.3 Å². The zero-order valence-electron chi connectivity index (χ0n) is 14.6. The maximum absolute atomic E-state index is 13.6. The highest BCUT2D eigenvalue weighted by Gasteiger charge is 2.31. The molecule has 0 saturated carbocycles. The number of fused-ring (bicyclic) bond motifs is 1. The number of halogens is 1. The van der Waals surface area contributed by atoms with E-state index in [0.717, 1.165) is 10.4 Å². The minimum atomic E-state index is -0.549. The quantitative estimate of drug-likeness (QED) is 0.691. The van der Waals surface area contributed by atoms with Crippen LogP contribution in [0.4, 0.5) is 10.1 Å². The SMILES string of the molecule is NC(=O)COc1ccc([C@@H]2CC(=O)Nc3c(-c4cccc(F)c4)nsc32)cc1. The lowest BCUT2D eigenvalue weighted by Crippen LogP contribution is -2.22. The number of hydrogen-bond donors (Lipinski definition) is 2. The number of benzene rings is 2. The molecule has 2 aromatic carbocycles. The Morgan fingerprint density at radius 1 is 1.29 bits per heavy atom. The van der Waals surface area contributed by atoms with Crippen LogP contribution in [0, 0.1) is 5.82 Å². The highest BCUT2D eigenvalue weighted by atomic mass is 32.1. The maximum Gasteiger partial charge on any atom is 0.255 e. The van der Waals surface area contributed by atoms with Crippen LogP contribution in [-0.2, 0) is 9.59 Å². The average molecular weight is 397 g/mol. The van der Waals surface area contributed by atoms with E-state index in [9.17, 15) is 14.0 Å². The Morgan fingerprint density at radius 2 is 2.07 bits per heavy atom. The fourth-order valence-corrected chi connectivity index (χ4v) is 4.15. The molecule has 0 radical (unpaired) electrons. The van der Waals surface area contributed by atoms with Crippen molar-refractivity contribution < 1.29 is 18.7 Å². The Kier molecular flexibility index (Phi) is 4.79. The zero-order valence-corrected chi connectivity index (χ0v) is 15.5. The van der Waals surface area contributed by atoms with Crippen molar-refractivity contribution in [3.05, 3.63) is 64.8 Å². The molecule has 1 aromatic heterocycles. The van der Waals surface area contributed by atoms with E-state index in [-0.39, 0.29) is 24.2 Å². The van der Waals surface area contributed by atoms with Crippen molar-refractivity contribution in [2.24, 2.45) is 5.73 Å². The second-order valence-electron chi connectivity index (χ2n) is 6.41. The molecule has 3 aromatic rings. The molecule has 142 valence electrons. The first-order valence-corrected chi connectivity index (χ1v) is 9.35. The van der Waals surface area contributed by atoms with Crippen molar-refractivity contribution in [3.8, 4) is 17.0 Å². The van der Waals surface area contributed by atoms with Crippen LogP contribution in [0.25, 0.3) is 11.3 Å². The summed E-state index contributed by atoms with van der Waals surface area (Å²) in [5.41, 5.74) is 7.82. The van der Waals surface area contributed by atoms with Crippen LogP contribution < -0.4 is 15.8 Å². The molecule has 1 aliphatic heterocycles. The van der Waals surface area contributed by atoms with Gasteiger partial charge in [-0.3, -0.25) is 9.59 Å². The molecule has 0 saturated heterocycles. The predicted octanol–water partition coefficient (Wildman–Crippen LogP) is 3.29. The summed E-state index contributed by atoms with van der Waals surface area (Å²) in [4.78, 5) is 24.1. The second kappa shape index (κ2) is 7.40. The lowest BCUT2D eigenvalue weighted by molar-refractivity contribution is -0.120. The standard InChI is InChI=1S/C20H16FN3O3S/c21-13-3-1-2-12(8-13)18-19-20(28-24-18)15(9-17(26)23-19)11-4-6-14(7-5-11)27-10-16(22)25/h1-8,15H,9-10H2,(H2,22,25)(H,23,26)/t15-/m0/s1. The summed E-state index contributed by atoms with van der Waals surface area (Å²) >= 11 is 1.30. The Hall–Kier alpha value is -3.26. The van der Waals surface area contributed by atoms with Crippen molar-refractivity contribution >= 4 is 29.0 Å². The minimum Gasteiger partial charge on any atom is -0.484 e. The van der Waals surface area contributed by atoms with Crippen molar-refractivity contribution in [1.82, 2.24) is 4.37 Å². The number of nitrogens with two attached hydrogens (primary N) is 1. The Balaban J connectivity index is 1.66. The summed E-state index contributed by atoms with van der Waals surface area (Å²) < 4.78 is 23.4. The van der Waals surface area contributed by atoms with Crippen LogP contribution in [0.15, 0.2) is 48.5 Å². The van der Waals surface area contributed by atoms with Gasteiger partial charge in [0, 0.05) is 17.9 Å².